The number of rotatable bonds is 5. The third kappa shape index (κ3) is 6.40. The molecule has 0 saturated carbocycles. The highest BCUT2D eigenvalue weighted by Gasteiger charge is 2.23. The van der Waals surface area contributed by atoms with Gasteiger partial charge >= 0.3 is 0 Å². The molecule has 216 valence electrons. The Bertz CT molecular complexity index is 1640. The Kier molecular flexibility index (Phi) is 8.08. The van der Waals surface area contributed by atoms with Gasteiger partial charge < -0.3 is 20.3 Å². The lowest BCUT2D eigenvalue weighted by Crippen LogP contribution is -2.30. The number of H-pyrrole nitrogens is 1. The maximum Gasteiger partial charge on any atom is 0.259 e. The minimum absolute atomic E-state index is 0.170. The maximum absolute atomic E-state index is 13.6. The summed E-state index contributed by atoms with van der Waals surface area (Å²) in [5, 5.41) is 13.5. The number of hydrogen-bond donors (Lipinski definition) is 3. The molecule has 2 saturated heterocycles. The number of amides is 1. The number of piperidine rings is 1. The highest BCUT2D eigenvalue weighted by molar-refractivity contribution is 6.10. The Hall–Kier alpha value is -4.40. The van der Waals surface area contributed by atoms with Crippen molar-refractivity contribution in [2.24, 2.45) is 0 Å². The monoisotopic (exact) mass is 571 g/mol. The lowest BCUT2D eigenvalue weighted by Gasteiger charge is -2.30. The first-order valence-electron chi connectivity index (χ1n) is 14.1. The van der Waals surface area contributed by atoms with Crippen molar-refractivity contribution in [2.75, 3.05) is 44.0 Å². The average molecular weight is 572 g/mol. The zero-order chi connectivity index (χ0) is 29.1. The molecule has 2 fully saturated rings. The van der Waals surface area contributed by atoms with Gasteiger partial charge in [0, 0.05) is 36.6 Å². The van der Waals surface area contributed by atoms with Gasteiger partial charge in [0.25, 0.3) is 5.91 Å². The predicted octanol–water partition coefficient (Wildman–Crippen LogP) is 4.68. The van der Waals surface area contributed by atoms with Crippen molar-refractivity contribution in [1.82, 2.24) is 25.1 Å². The largest absolute Gasteiger partial charge is 0.381 e. The van der Waals surface area contributed by atoms with Crippen LogP contribution in [0.1, 0.15) is 58.8 Å². The van der Waals surface area contributed by atoms with E-state index in [1.165, 1.54) is 11.8 Å². The average Bonchev–Trinajstić information content (AvgIpc) is 3.38. The Morgan fingerprint density at radius 3 is 2.57 bits per heavy atom. The number of nitrogens with zero attached hydrogens (tertiary/aromatic N) is 4. The summed E-state index contributed by atoms with van der Waals surface area (Å²) in [6.07, 6.45) is 5.31. The molecule has 0 atom stereocenters. The smallest absolute Gasteiger partial charge is 0.259 e. The number of hydrogen-bond acceptors (Lipinski definition) is 7. The number of likely N-dealkylation sites (tertiary alicyclic amines) is 1. The second-order valence-electron chi connectivity index (χ2n) is 10.8. The van der Waals surface area contributed by atoms with Crippen LogP contribution in [0.2, 0.25) is 0 Å². The molecule has 2 aromatic heterocycles. The summed E-state index contributed by atoms with van der Waals surface area (Å²) in [4.78, 5) is 24.7. The minimum atomic E-state index is -0.717. The number of carbonyl (C=O) groups excluding carboxylic acids is 1. The van der Waals surface area contributed by atoms with E-state index in [0.717, 1.165) is 62.7 Å². The summed E-state index contributed by atoms with van der Waals surface area (Å²) in [6.45, 7) is 3.47. The molecule has 11 heteroatoms. The number of halogens is 2. The van der Waals surface area contributed by atoms with Crippen molar-refractivity contribution in [3.63, 3.8) is 0 Å². The van der Waals surface area contributed by atoms with E-state index in [2.05, 4.69) is 60.7 Å². The zero-order valence-corrected chi connectivity index (χ0v) is 23.2. The van der Waals surface area contributed by atoms with Gasteiger partial charge in [-0.2, -0.15) is 5.10 Å². The van der Waals surface area contributed by atoms with Crippen LogP contribution in [0, 0.1) is 23.5 Å². The van der Waals surface area contributed by atoms with Crippen molar-refractivity contribution in [3.8, 4) is 11.8 Å². The number of anilines is 2. The first kappa shape index (κ1) is 27.8. The Morgan fingerprint density at radius 1 is 1.05 bits per heavy atom. The molecule has 2 aliphatic rings. The molecule has 0 radical (unpaired) electrons. The highest BCUT2D eigenvalue weighted by atomic mass is 19.1. The van der Waals surface area contributed by atoms with Crippen LogP contribution in [-0.2, 0) is 4.74 Å². The topological polar surface area (TPSA) is 108 Å². The fourth-order valence-corrected chi connectivity index (χ4v) is 5.42. The molecular weight excluding hydrogens is 540 g/mol. The van der Waals surface area contributed by atoms with Crippen molar-refractivity contribution < 1.29 is 18.3 Å². The minimum Gasteiger partial charge on any atom is -0.381 e. The van der Waals surface area contributed by atoms with E-state index in [0.29, 0.717) is 35.9 Å². The number of fused-ring (bicyclic) bond motifs is 1. The zero-order valence-electron chi connectivity index (χ0n) is 23.2. The molecule has 0 spiro atoms. The number of benzene rings is 2. The fraction of sp³-hybridized carbons (Fsp3) is 0.355. The highest BCUT2D eigenvalue weighted by Crippen LogP contribution is 2.32. The molecule has 3 N–H and O–H groups in total. The normalized spacial score (nSPS) is 16.6. The number of aromatic nitrogens is 4. The van der Waals surface area contributed by atoms with Crippen LogP contribution < -0.4 is 10.6 Å². The van der Waals surface area contributed by atoms with Crippen LogP contribution in [0.3, 0.4) is 0 Å². The first-order valence-corrected chi connectivity index (χ1v) is 14.1. The molecule has 0 bridgehead atoms. The van der Waals surface area contributed by atoms with Gasteiger partial charge in [-0.05, 0) is 87.5 Å². The van der Waals surface area contributed by atoms with E-state index in [1.807, 2.05) is 12.1 Å². The van der Waals surface area contributed by atoms with Crippen LogP contribution in [-0.4, -0.2) is 70.4 Å². The standard InChI is InChI=1S/C31H31F2N7O2/c1-40-10-6-20(7-11-40)21-3-5-26(27(16-21)35-24-8-12-42-13-9-24)31(41)37-30-28-29(38-39-30)34-18-25(36-28)4-2-19-14-22(32)17-23(33)15-19/h3,5,14-18,20,24,35H,6-13H2,1H3,(H2,34,37,38,39,41). The van der Waals surface area contributed by atoms with E-state index in [4.69, 9.17) is 4.74 Å². The van der Waals surface area contributed by atoms with E-state index in [-0.39, 0.29) is 29.0 Å². The Morgan fingerprint density at radius 2 is 1.81 bits per heavy atom. The molecule has 42 heavy (non-hydrogen) atoms. The number of carbonyl (C=O) groups is 1. The van der Waals surface area contributed by atoms with Crippen LogP contribution in [0.4, 0.5) is 20.3 Å². The second kappa shape index (κ2) is 12.2. The van der Waals surface area contributed by atoms with E-state index >= 15 is 0 Å². The van der Waals surface area contributed by atoms with Crippen molar-refractivity contribution in [2.45, 2.75) is 37.6 Å². The third-order valence-corrected chi connectivity index (χ3v) is 7.76. The number of nitrogens with one attached hydrogen (secondary N) is 3. The summed E-state index contributed by atoms with van der Waals surface area (Å²) in [5.41, 5.74) is 3.64. The van der Waals surface area contributed by atoms with Gasteiger partial charge in [0.2, 0.25) is 0 Å². The molecule has 4 heterocycles. The summed E-state index contributed by atoms with van der Waals surface area (Å²) in [7, 11) is 2.14. The molecule has 4 aromatic rings. The summed E-state index contributed by atoms with van der Waals surface area (Å²) in [5.74, 6) is 4.35. The van der Waals surface area contributed by atoms with Gasteiger partial charge in [-0.25, -0.2) is 18.7 Å². The lowest BCUT2D eigenvalue weighted by molar-refractivity contribution is 0.0904. The molecule has 0 unspecified atom stereocenters. The van der Waals surface area contributed by atoms with E-state index in [1.54, 1.807) is 0 Å². The van der Waals surface area contributed by atoms with E-state index in [9.17, 15) is 13.6 Å². The predicted molar refractivity (Wildman–Crippen MR) is 155 cm³/mol. The lowest BCUT2D eigenvalue weighted by atomic mass is 9.88. The van der Waals surface area contributed by atoms with Gasteiger partial charge in [0.1, 0.15) is 17.3 Å². The molecular formula is C31H31F2N7O2. The van der Waals surface area contributed by atoms with Crippen molar-refractivity contribution in [1.29, 1.82) is 0 Å². The molecule has 6 rings (SSSR count). The van der Waals surface area contributed by atoms with E-state index < -0.39 is 11.6 Å². The summed E-state index contributed by atoms with van der Waals surface area (Å²) >= 11 is 0. The number of aromatic amines is 1. The summed E-state index contributed by atoms with van der Waals surface area (Å²) in [6, 6.07) is 9.30. The van der Waals surface area contributed by atoms with Gasteiger partial charge in [0.15, 0.2) is 17.0 Å². The fourth-order valence-electron chi connectivity index (χ4n) is 5.42. The molecule has 9 nitrogen and oxygen atoms in total. The molecule has 1 amide bonds. The van der Waals surface area contributed by atoms with Crippen LogP contribution >= 0.6 is 0 Å². The van der Waals surface area contributed by atoms with Crippen molar-refractivity contribution in [3.05, 3.63) is 76.6 Å². The van der Waals surface area contributed by atoms with Crippen molar-refractivity contribution >= 4 is 28.6 Å². The SMILES string of the molecule is CN1CCC(c2ccc(C(=O)Nc3n[nH]c4ncc(C#Cc5cc(F)cc(F)c5)nc34)c(NC3CCOCC3)c2)CC1. The van der Waals surface area contributed by atoms with Gasteiger partial charge in [0.05, 0.1) is 11.8 Å². The third-order valence-electron chi connectivity index (χ3n) is 7.76. The van der Waals surface area contributed by atoms with Gasteiger partial charge in [-0.3, -0.25) is 9.89 Å². The first-order chi connectivity index (χ1) is 20.4. The Labute approximate surface area is 242 Å². The van der Waals surface area contributed by atoms with Crippen LogP contribution in [0.5, 0.6) is 0 Å². The molecule has 2 aromatic carbocycles. The number of ether oxygens (including phenoxy) is 1. The second-order valence-corrected chi connectivity index (χ2v) is 10.8. The molecule has 2 aliphatic heterocycles. The van der Waals surface area contributed by atoms with Crippen LogP contribution in [0.25, 0.3) is 11.2 Å². The summed E-state index contributed by atoms with van der Waals surface area (Å²) < 4.78 is 32.6. The quantitative estimate of drug-likeness (QED) is 0.299. The van der Waals surface area contributed by atoms with Gasteiger partial charge in [-0.15, -0.1) is 0 Å². The van der Waals surface area contributed by atoms with Crippen LogP contribution in [0.15, 0.2) is 42.6 Å². The molecule has 0 aliphatic carbocycles. The van der Waals surface area contributed by atoms with Gasteiger partial charge in [-0.1, -0.05) is 12.0 Å². The Balaban J connectivity index is 1.26. The maximum atomic E-state index is 13.6.